The van der Waals surface area contributed by atoms with E-state index in [0.29, 0.717) is 19.1 Å². The minimum Gasteiger partial charge on any atom is -0.383 e. The highest BCUT2D eigenvalue weighted by molar-refractivity contribution is 9.10. The van der Waals surface area contributed by atoms with Crippen LogP contribution in [0.25, 0.3) is 10.8 Å². The number of nitrogens with zero attached hydrogens (tertiary/aromatic N) is 1. The zero-order chi connectivity index (χ0) is 14.4. The summed E-state index contributed by atoms with van der Waals surface area (Å²) >= 11 is 3.46. The summed E-state index contributed by atoms with van der Waals surface area (Å²) in [6.07, 6.45) is 0. The van der Waals surface area contributed by atoms with Crippen LogP contribution in [-0.2, 0) is 4.74 Å². The van der Waals surface area contributed by atoms with Gasteiger partial charge in [-0.2, -0.15) is 0 Å². The van der Waals surface area contributed by atoms with Gasteiger partial charge in [-0.1, -0.05) is 28.1 Å². The van der Waals surface area contributed by atoms with E-state index in [2.05, 4.69) is 43.8 Å². The van der Waals surface area contributed by atoms with Crippen LogP contribution in [0.1, 0.15) is 0 Å². The molecular weight excluding hydrogens is 320 g/mol. The van der Waals surface area contributed by atoms with Gasteiger partial charge in [0.05, 0.1) is 13.2 Å². The molecule has 0 saturated heterocycles. The summed E-state index contributed by atoms with van der Waals surface area (Å²) < 4.78 is 6.01. The van der Waals surface area contributed by atoms with Gasteiger partial charge >= 0.3 is 0 Å². The minimum absolute atomic E-state index is 0.513. The fourth-order valence-corrected chi connectivity index (χ4v) is 2.18. The van der Waals surface area contributed by atoms with Crippen molar-refractivity contribution in [3.05, 3.63) is 40.9 Å². The molecule has 4 N–H and O–H groups in total. The van der Waals surface area contributed by atoms with Gasteiger partial charge in [-0.15, -0.1) is 0 Å². The molecule has 0 fully saturated rings. The Balaban J connectivity index is 2.16. The number of fused-ring (bicyclic) bond motifs is 1. The van der Waals surface area contributed by atoms with Gasteiger partial charge < -0.3 is 10.1 Å². The Bertz CT molecular complexity index is 615. The number of guanidine groups is 1. The maximum absolute atomic E-state index is 5.45. The number of hydrogen-bond donors (Lipinski definition) is 3. The molecule has 0 unspecified atom stereocenters. The molecule has 0 aliphatic rings. The van der Waals surface area contributed by atoms with Crippen molar-refractivity contribution < 1.29 is 4.74 Å². The van der Waals surface area contributed by atoms with E-state index in [1.165, 1.54) is 5.39 Å². The molecule has 6 heteroatoms. The molecule has 0 heterocycles. The molecule has 0 atom stereocenters. The number of aliphatic imine (C=N–C) groups is 1. The third-order valence-electron chi connectivity index (χ3n) is 2.77. The van der Waals surface area contributed by atoms with E-state index >= 15 is 0 Å². The Morgan fingerprint density at radius 3 is 2.75 bits per heavy atom. The van der Waals surface area contributed by atoms with Crippen molar-refractivity contribution in [1.29, 1.82) is 0 Å². The predicted octanol–water partition coefficient (Wildman–Crippen LogP) is 2.48. The molecule has 0 aliphatic carbocycles. The molecule has 2 aromatic rings. The molecule has 0 bridgehead atoms. The van der Waals surface area contributed by atoms with Gasteiger partial charge in [-0.05, 0) is 35.0 Å². The number of nitrogens with one attached hydrogen (secondary N) is 2. The van der Waals surface area contributed by atoms with E-state index in [0.717, 1.165) is 15.5 Å². The van der Waals surface area contributed by atoms with Crippen molar-refractivity contribution in [2.24, 2.45) is 10.8 Å². The van der Waals surface area contributed by atoms with Crippen LogP contribution in [0, 0.1) is 0 Å². The Labute approximate surface area is 126 Å². The van der Waals surface area contributed by atoms with Gasteiger partial charge in [0.15, 0.2) is 0 Å². The van der Waals surface area contributed by atoms with E-state index in [1.807, 2.05) is 24.3 Å². The molecule has 0 radical (unpaired) electrons. The SMILES string of the molecule is COCCN=C(NN)Nc1ccc2cc(Br)ccc2c1. The Morgan fingerprint density at radius 1 is 1.25 bits per heavy atom. The first-order chi connectivity index (χ1) is 9.72. The van der Waals surface area contributed by atoms with Crippen molar-refractivity contribution in [1.82, 2.24) is 5.43 Å². The summed E-state index contributed by atoms with van der Waals surface area (Å²) in [5.74, 6) is 5.96. The lowest BCUT2D eigenvalue weighted by Gasteiger charge is -2.10. The summed E-state index contributed by atoms with van der Waals surface area (Å²) in [5.41, 5.74) is 3.47. The molecule has 2 aromatic carbocycles. The van der Waals surface area contributed by atoms with E-state index < -0.39 is 0 Å². The normalized spacial score (nSPS) is 11.7. The Hall–Kier alpha value is -1.63. The first-order valence-corrected chi connectivity index (χ1v) is 6.98. The van der Waals surface area contributed by atoms with Gasteiger partial charge in [0, 0.05) is 17.3 Å². The Morgan fingerprint density at radius 2 is 2.00 bits per heavy atom. The van der Waals surface area contributed by atoms with Gasteiger partial charge in [0.25, 0.3) is 0 Å². The molecule has 5 nitrogen and oxygen atoms in total. The van der Waals surface area contributed by atoms with E-state index in [9.17, 15) is 0 Å². The van der Waals surface area contributed by atoms with Crippen LogP contribution in [0.4, 0.5) is 5.69 Å². The largest absolute Gasteiger partial charge is 0.383 e. The third-order valence-corrected chi connectivity index (χ3v) is 3.26. The highest BCUT2D eigenvalue weighted by Crippen LogP contribution is 2.22. The maximum atomic E-state index is 5.45. The van der Waals surface area contributed by atoms with Crippen LogP contribution in [0.2, 0.25) is 0 Å². The first-order valence-electron chi connectivity index (χ1n) is 6.19. The zero-order valence-electron chi connectivity index (χ0n) is 11.2. The molecular formula is C14H17BrN4O. The van der Waals surface area contributed by atoms with Crippen molar-refractivity contribution >= 4 is 38.3 Å². The molecule has 2 rings (SSSR count). The Kier molecular flexibility index (Phi) is 5.34. The number of methoxy groups -OCH3 is 1. The summed E-state index contributed by atoms with van der Waals surface area (Å²) in [4.78, 5) is 4.26. The number of rotatable bonds is 4. The number of anilines is 1. The molecule has 0 aromatic heterocycles. The van der Waals surface area contributed by atoms with Crippen LogP contribution >= 0.6 is 15.9 Å². The van der Waals surface area contributed by atoms with Crippen LogP contribution in [-0.4, -0.2) is 26.2 Å². The highest BCUT2D eigenvalue weighted by atomic mass is 79.9. The smallest absolute Gasteiger partial charge is 0.210 e. The van der Waals surface area contributed by atoms with Gasteiger partial charge in [-0.3, -0.25) is 5.43 Å². The average Bonchev–Trinajstić information content (AvgIpc) is 2.46. The van der Waals surface area contributed by atoms with E-state index in [-0.39, 0.29) is 0 Å². The van der Waals surface area contributed by atoms with E-state index in [1.54, 1.807) is 7.11 Å². The summed E-state index contributed by atoms with van der Waals surface area (Å²) in [6.45, 7) is 1.10. The van der Waals surface area contributed by atoms with Crippen molar-refractivity contribution in [2.45, 2.75) is 0 Å². The van der Waals surface area contributed by atoms with Crippen molar-refractivity contribution in [3.8, 4) is 0 Å². The van der Waals surface area contributed by atoms with Crippen molar-refractivity contribution in [2.75, 3.05) is 25.6 Å². The van der Waals surface area contributed by atoms with Crippen LogP contribution in [0.15, 0.2) is 45.9 Å². The fourth-order valence-electron chi connectivity index (χ4n) is 1.80. The summed E-state index contributed by atoms with van der Waals surface area (Å²) in [5, 5.41) is 5.46. The molecule has 0 aliphatic heterocycles. The second-order valence-corrected chi connectivity index (χ2v) is 5.11. The summed E-state index contributed by atoms with van der Waals surface area (Å²) in [6, 6.07) is 12.2. The number of ether oxygens (including phenoxy) is 1. The monoisotopic (exact) mass is 336 g/mol. The average molecular weight is 337 g/mol. The number of benzene rings is 2. The highest BCUT2D eigenvalue weighted by Gasteiger charge is 2.00. The second kappa shape index (κ2) is 7.23. The number of hydrazine groups is 1. The number of hydrogen-bond acceptors (Lipinski definition) is 3. The van der Waals surface area contributed by atoms with E-state index in [4.69, 9.17) is 10.6 Å². The van der Waals surface area contributed by atoms with Gasteiger partial charge in [0.2, 0.25) is 5.96 Å². The summed E-state index contributed by atoms with van der Waals surface area (Å²) in [7, 11) is 1.64. The fraction of sp³-hybridized carbons (Fsp3) is 0.214. The lowest BCUT2D eigenvalue weighted by atomic mass is 10.1. The number of halogens is 1. The lowest BCUT2D eigenvalue weighted by Crippen LogP contribution is -2.36. The molecule has 0 spiro atoms. The van der Waals surface area contributed by atoms with Crippen LogP contribution in [0.5, 0.6) is 0 Å². The molecule has 20 heavy (non-hydrogen) atoms. The first kappa shape index (κ1) is 14.8. The quantitative estimate of drug-likeness (QED) is 0.264. The molecule has 106 valence electrons. The predicted molar refractivity (Wildman–Crippen MR) is 86.8 cm³/mol. The van der Waals surface area contributed by atoms with Crippen molar-refractivity contribution in [3.63, 3.8) is 0 Å². The number of nitrogens with two attached hydrogens (primary N) is 1. The zero-order valence-corrected chi connectivity index (χ0v) is 12.8. The van der Waals surface area contributed by atoms with Crippen LogP contribution in [0.3, 0.4) is 0 Å². The second-order valence-electron chi connectivity index (χ2n) is 4.20. The standard InChI is InChI=1S/C14H17BrN4O/c1-20-7-6-17-14(19-16)18-13-5-3-10-8-12(15)4-2-11(10)9-13/h2-5,8-9H,6-7,16H2,1H3,(H2,17,18,19). The molecule has 0 saturated carbocycles. The minimum atomic E-state index is 0.513. The maximum Gasteiger partial charge on any atom is 0.210 e. The topological polar surface area (TPSA) is 71.7 Å². The lowest BCUT2D eigenvalue weighted by molar-refractivity contribution is 0.208. The van der Waals surface area contributed by atoms with Crippen LogP contribution < -0.4 is 16.6 Å². The van der Waals surface area contributed by atoms with Gasteiger partial charge in [0.1, 0.15) is 0 Å². The molecule has 0 amide bonds. The van der Waals surface area contributed by atoms with Gasteiger partial charge in [-0.25, -0.2) is 10.8 Å². The third kappa shape index (κ3) is 3.93.